The molecule has 0 saturated heterocycles. The molecule has 0 saturated carbocycles. The van der Waals surface area contributed by atoms with E-state index < -0.39 is 12.6 Å². The molecule has 140 valence electrons. The lowest BCUT2D eigenvalue weighted by molar-refractivity contribution is -0.127. The van der Waals surface area contributed by atoms with E-state index in [1.807, 2.05) is 6.92 Å². The minimum Gasteiger partial charge on any atom is -0.346 e. The molecule has 27 heavy (non-hydrogen) atoms. The lowest BCUT2D eigenvalue weighted by Crippen LogP contribution is -2.12. The monoisotopic (exact) mass is 377 g/mol. The fourth-order valence-electron chi connectivity index (χ4n) is 2.46. The van der Waals surface area contributed by atoms with Gasteiger partial charge in [-0.25, -0.2) is 9.37 Å². The lowest BCUT2D eigenvalue weighted by atomic mass is 10.1. The first-order valence-electron chi connectivity index (χ1n) is 8.03. The number of benzene rings is 1. The Morgan fingerprint density at radius 3 is 2.41 bits per heavy atom. The number of anilines is 1. The van der Waals surface area contributed by atoms with Crippen molar-refractivity contribution in [3.05, 3.63) is 65.9 Å². The fraction of sp³-hybridized carbons (Fsp3) is 0.222. The predicted octanol–water partition coefficient (Wildman–Crippen LogP) is 4.35. The Morgan fingerprint density at radius 2 is 1.78 bits per heavy atom. The van der Waals surface area contributed by atoms with Gasteiger partial charge in [0.25, 0.3) is 0 Å². The Kier molecular flexibility index (Phi) is 5.29. The van der Waals surface area contributed by atoms with Crippen molar-refractivity contribution in [2.24, 2.45) is 0 Å². The van der Waals surface area contributed by atoms with Crippen LogP contribution in [0, 0.1) is 5.82 Å². The van der Waals surface area contributed by atoms with Crippen LogP contribution in [0.5, 0.6) is 0 Å². The standard InChI is InChI=1S/C18H15F4N5/c1-11(13-2-4-15(19)5-3-13)25-17-24-10-16(26-27-17)14-6-12(8-23-9-14)7-18(20,21)22/h2-6,8-11H,7H2,1H3,(H,24,25,27). The summed E-state index contributed by atoms with van der Waals surface area (Å²) in [4.78, 5) is 7.95. The van der Waals surface area contributed by atoms with Crippen molar-refractivity contribution in [2.45, 2.75) is 25.6 Å². The van der Waals surface area contributed by atoms with Crippen LogP contribution >= 0.6 is 0 Å². The molecule has 1 N–H and O–H groups in total. The normalized spacial score (nSPS) is 12.6. The summed E-state index contributed by atoms with van der Waals surface area (Å²) in [5.41, 5.74) is 1.59. The third-order valence-corrected chi connectivity index (χ3v) is 3.77. The number of hydrogen-bond acceptors (Lipinski definition) is 5. The SMILES string of the molecule is CC(Nc1ncc(-c2cncc(CC(F)(F)F)c2)nn1)c1ccc(F)cc1. The van der Waals surface area contributed by atoms with Crippen molar-refractivity contribution in [3.8, 4) is 11.3 Å². The molecule has 1 atom stereocenters. The van der Waals surface area contributed by atoms with Gasteiger partial charge in [-0.15, -0.1) is 10.2 Å². The maximum Gasteiger partial charge on any atom is 0.393 e. The molecule has 0 aliphatic carbocycles. The van der Waals surface area contributed by atoms with Crippen molar-refractivity contribution >= 4 is 5.95 Å². The van der Waals surface area contributed by atoms with Crippen LogP contribution in [-0.4, -0.2) is 26.3 Å². The van der Waals surface area contributed by atoms with E-state index in [2.05, 4.69) is 25.5 Å². The summed E-state index contributed by atoms with van der Waals surface area (Å²) in [6.45, 7) is 1.86. The van der Waals surface area contributed by atoms with Crippen molar-refractivity contribution < 1.29 is 17.6 Å². The summed E-state index contributed by atoms with van der Waals surface area (Å²) < 4.78 is 50.5. The summed E-state index contributed by atoms with van der Waals surface area (Å²) in [6, 6.07) is 7.18. The van der Waals surface area contributed by atoms with Gasteiger partial charge in [-0.1, -0.05) is 12.1 Å². The number of alkyl halides is 3. The number of pyridine rings is 1. The zero-order chi connectivity index (χ0) is 19.4. The lowest BCUT2D eigenvalue weighted by Gasteiger charge is -2.13. The molecule has 3 rings (SSSR count). The molecule has 1 aromatic carbocycles. The Morgan fingerprint density at radius 1 is 1.04 bits per heavy atom. The molecule has 0 aliphatic rings. The number of rotatable bonds is 5. The van der Waals surface area contributed by atoms with Crippen LogP contribution in [0.3, 0.4) is 0 Å². The van der Waals surface area contributed by atoms with E-state index in [-0.39, 0.29) is 23.4 Å². The maximum absolute atomic E-state index is 13.0. The van der Waals surface area contributed by atoms with Gasteiger partial charge in [0.2, 0.25) is 5.95 Å². The van der Waals surface area contributed by atoms with Gasteiger partial charge in [0.15, 0.2) is 0 Å². The molecule has 9 heteroatoms. The van der Waals surface area contributed by atoms with Crippen molar-refractivity contribution in [2.75, 3.05) is 5.32 Å². The molecule has 3 aromatic rings. The van der Waals surface area contributed by atoms with E-state index in [0.717, 1.165) is 11.8 Å². The smallest absolute Gasteiger partial charge is 0.346 e. The quantitative estimate of drug-likeness (QED) is 0.670. The molecule has 0 radical (unpaired) electrons. The Bertz CT molecular complexity index is 895. The molecule has 5 nitrogen and oxygen atoms in total. The zero-order valence-electron chi connectivity index (χ0n) is 14.2. The second-order valence-electron chi connectivity index (χ2n) is 5.96. The highest BCUT2D eigenvalue weighted by atomic mass is 19.4. The minimum absolute atomic E-state index is 0.0360. The average molecular weight is 377 g/mol. The first-order chi connectivity index (χ1) is 12.8. The third-order valence-electron chi connectivity index (χ3n) is 3.77. The number of halogens is 4. The van der Waals surface area contributed by atoms with Crippen LogP contribution < -0.4 is 5.32 Å². The summed E-state index contributed by atoms with van der Waals surface area (Å²) >= 11 is 0. The van der Waals surface area contributed by atoms with Gasteiger partial charge in [0, 0.05) is 18.0 Å². The number of nitrogens with one attached hydrogen (secondary N) is 1. The van der Waals surface area contributed by atoms with Crippen LogP contribution in [0.2, 0.25) is 0 Å². The van der Waals surface area contributed by atoms with Crippen LogP contribution in [-0.2, 0) is 6.42 Å². The van der Waals surface area contributed by atoms with Crippen LogP contribution in [0.25, 0.3) is 11.3 Å². The highest BCUT2D eigenvalue weighted by Crippen LogP contribution is 2.24. The largest absolute Gasteiger partial charge is 0.393 e. The van der Waals surface area contributed by atoms with Gasteiger partial charge in [-0.3, -0.25) is 4.98 Å². The summed E-state index contributed by atoms with van der Waals surface area (Å²) in [7, 11) is 0. The van der Waals surface area contributed by atoms with Crippen molar-refractivity contribution in [1.82, 2.24) is 20.2 Å². The number of hydrogen-bond donors (Lipinski definition) is 1. The summed E-state index contributed by atoms with van der Waals surface area (Å²) in [5, 5.41) is 11.0. The van der Waals surface area contributed by atoms with Crippen LogP contribution in [0.1, 0.15) is 24.1 Å². The van der Waals surface area contributed by atoms with Gasteiger partial charge < -0.3 is 5.32 Å². The molecule has 0 aliphatic heterocycles. The van der Waals surface area contributed by atoms with E-state index in [4.69, 9.17) is 0 Å². The average Bonchev–Trinajstić information content (AvgIpc) is 2.61. The van der Waals surface area contributed by atoms with Crippen molar-refractivity contribution in [1.29, 1.82) is 0 Å². The second-order valence-corrected chi connectivity index (χ2v) is 5.96. The highest BCUT2D eigenvalue weighted by Gasteiger charge is 2.27. The van der Waals surface area contributed by atoms with E-state index >= 15 is 0 Å². The predicted molar refractivity (Wildman–Crippen MR) is 91.3 cm³/mol. The second kappa shape index (κ2) is 7.65. The van der Waals surface area contributed by atoms with Gasteiger partial charge in [-0.05, 0) is 36.2 Å². The topological polar surface area (TPSA) is 63.6 Å². The number of aromatic nitrogens is 4. The molecule has 0 bridgehead atoms. The highest BCUT2D eigenvalue weighted by molar-refractivity contribution is 5.57. The van der Waals surface area contributed by atoms with Gasteiger partial charge in [-0.2, -0.15) is 13.2 Å². The first kappa shape index (κ1) is 18.7. The Hall–Kier alpha value is -3.10. The maximum atomic E-state index is 13.0. The molecule has 2 heterocycles. The Balaban J connectivity index is 1.72. The van der Waals surface area contributed by atoms with E-state index in [1.165, 1.54) is 30.6 Å². The van der Waals surface area contributed by atoms with E-state index in [0.29, 0.717) is 11.3 Å². The van der Waals surface area contributed by atoms with Gasteiger partial charge in [0.05, 0.1) is 18.7 Å². The number of nitrogens with zero attached hydrogens (tertiary/aromatic N) is 4. The molecule has 2 aromatic heterocycles. The van der Waals surface area contributed by atoms with Crippen molar-refractivity contribution in [3.63, 3.8) is 0 Å². The minimum atomic E-state index is -4.31. The molecule has 0 amide bonds. The van der Waals surface area contributed by atoms with Crippen LogP contribution in [0.4, 0.5) is 23.5 Å². The summed E-state index contributed by atoms with van der Waals surface area (Å²) in [6.07, 6.45) is -1.41. The fourth-order valence-corrected chi connectivity index (χ4v) is 2.46. The molecular weight excluding hydrogens is 362 g/mol. The van der Waals surface area contributed by atoms with E-state index in [1.54, 1.807) is 12.1 Å². The molecule has 0 spiro atoms. The van der Waals surface area contributed by atoms with Gasteiger partial charge >= 0.3 is 6.18 Å². The summed E-state index contributed by atoms with van der Waals surface area (Å²) in [5.74, 6) is -0.0791. The van der Waals surface area contributed by atoms with Crippen LogP contribution in [0.15, 0.2) is 48.9 Å². The van der Waals surface area contributed by atoms with Gasteiger partial charge in [0.1, 0.15) is 11.5 Å². The molecule has 1 unspecified atom stereocenters. The molecular formula is C18H15F4N5. The molecule has 0 fully saturated rings. The first-order valence-corrected chi connectivity index (χ1v) is 8.03. The third kappa shape index (κ3) is 5.19. The Labute approximate surface area is 152 Å². The van der Waals surface area contributed by atoms with E-state index in [9.17, 15) is 17.6 Å². The zero-order valence-corrected chi connectivity index (χ0v) is 14.2.